The Morgan fingerprint density at radius 3 is 2.48 bits per heavy atom. The Labute approximate surface area is 183 Å². The molecule has 1 fully saturated rings. The second kappa shape index (κ2) is 7.89. The molecule has 1 aliphatic heterocycles. The van der Waals surface area contributed by atoms with E-state index in [9.17, 15) is 0 Å². The summed E-state index contributed by atoms with van der Waals surface area (Å²) in [7, 11) is 2.18. The van der Waals surface area contributed by atoms with Gasteiger partial charge in [-0.3, -0.25) is 9.30 Å². The van der Waals surface area contributed by atoms with Crippen LogP contribution in [0.2, 0.25) is 0 Å². The van der Waals surface area contributed by atoms with Crippen molar-refractivity contribution in [1.82, 2.24) is 24.4 Å². The quantitative estimate of drug-likeness (QED) is 0.699. The fourth-order valence-electron chi connectivity index (χ4n) is 4.94. The average molecular weight is 421 g/mol. The van der Waals surface area contributed by atoms with Crippen LogP contribution in [0.4, 0.5) is 0 Å². The lowest BCUT2D eigenvalue weighted by Gasteiger charge is -2.42. The van der Waals surface area contributed by atoms with Crippen molar-refractivity contribution >= 4 is 5.65 Å². The third kappa shape index (κ3) is 3.71. The van der Waals surface area contributed by atoms with E-state index in [1.165, 1.54) is 11.1 Å². The summed E-state index contributed by atoms with van der Waals surface area (Å²) in [6, 6.07) is 12.4. The molecule has 2 N–H and O–H groups in total. The SMILES string of the molecule is CN1CCN(C(C)(C)c2nnc3ccc(OC4CCC(N)c5ccccc54)cn23)CC1. The molecular formula is C24H32N6O. The van der Waals surface area contributed by atoms with Crippen LogP contribution in [-0.2, 0) is 5.54 Å². The number of aromatic nitrogens is 3. The number of fused-ring (bicyclic) bond motifs is 2. The van der Waals surface area contributed by atoms with Crippen LogP contribution in [0.3, 0.4) is 0 Å². The molecule has 2 aromatic heterocycles. The lowest BCUT2D eigenvalue weighted by Crippen LogP contribution is -2.52. The zero-order valence-corrected chi connectivity index (χ0v) is 18.7. The van der Waals surface area contributed by atoms with Crippen molar-refractivity contribution in [3.8, 4) is 5.75 Å². The number of hydrogen-bond donors (Lipinski definition) is 1. The molecule has 0 radical (unpaired) electrons. The van der Waals surface area contributed by atoms with Crippen molar-refractivity contribution in [3.63, 3.8) is 0 Å². The number of nitrogens with zero attached hydrogens (tertiary/aromatic N) is 5. The standard InChI is InChI=1S/C24H32N6O/c1-24(2,29-14-12-28(3)13-15-29)23-27-26-22-11-8-17(16-30(22)23)31-21-10-9-20(25)18-6-4-5-7-19(18)21/h4-8,11,16,20-21H,9-10,12-15,25H2,1-3H3. The van der Waals surface area contributed by atoms with Gasteiger partial charge in [-0.05, 0) is 57.0 Å². The van der Waals surface area contributed by atoms with E-state index in [0.29, 0.717) is 0 Å². The van der Waals surface area contributed by atoms with Crippen molar-refractivity contribution in [1.29, 1.82) is 0 Å². The van der Waals surface area contributed by atoms with Gasteiger partial charge in [0, 0.05) is 32.2 Å². The number of pyridine rings is 1. The molecule has 0 spiro atoms. The van der Waals surface area contributed by atoms with Gasteiger partial charge in [-0.15, -0.1) is 10.2 Å². The first-order valence-corrected chi connectivity index (χ1v) is 11.2. The van der Waals surface area contributed by atoms with Gasteiger partial charge in [-0.1, -0.05) is 24.3 Å². The highest BCUT2D eigenvalue weighted by Gasteiger charge is 2.35. The molecule has 7 nitrogen and oxygen atoms in total. The highest BCUT2D eigenvalue weighted by atomic mass is 16.5. The van der Waals surface area contributed by atoms with Gasteiger partial charge >= 0.3 is 0 Å². The molecule has 3 heterocycles. The van der Waals surface area contributed by atoms with Crippen LogP contribution >= 0.6 is 0 Å². The van der Waals surface area contributed by atoms with E-state index < -0.39 is 0 Å². The highest BCUT2D eigenvalue weighted by Crippen LogP contribution is 2.38. The number of hydrogen-bond acceptors (Lipinski definition) is 6. The predicted octanol–water partition coefficient (Wildman–Crippen LogP) is 3.13. The molecular weight excluding hydrogens is 388 g/mol. The summed E-state index contributed by atoms with van der Waals surface area (Å²) >= 11 is 0. The summed E-state index contributed by atoms with van der Waals surface area (Å²) in [5, 5.41) is 9.01. The van der Waals surface area contributed by atoms with Gasteiger partial charge in [0.15, 0.2) is 11.5 Å². The minimum absolute atomic E-state index is 0.0130. The smallest absolute Gasteiger partial charge is 0.161 e. The molecule has 0 saturated carbocycles. The summed E-state index contributed by atoms with van der Waals surface area (Å²) in [6.45, 7) is 8.65. The topological polar surface area (TPSA) is 71.9 Å². The normalized spacial score (nSPS) is 23.1. The number of ether oxygens (including phenoxy) is 1. The van der Waals surface area contributed by atoms with Gasteiger partial charge in [0.25, 0.3) is 0 Å². The van der Waals surface area contributed by atoms with Crippen LogP contribution in [0.25, 0.3) is 5.65 Å². The van der Waals surface area contributed by atoms with Crippen LogP contribution in [0, 0.1) is 0 Å². The van der Waals surface area contributed by atoms with Gasteiger partial charge in [-0.2, -0.15) is 0 Å². The fraction of sp³-hybridized carbons (Fsp3) is 0.500. The Morgan fingerprint density at radius 1 is 0.968 bits per heavy atom. The molecule has 31 heavy (non-hydrogen) atoms. The summed E-state index contributed by atoms with van der Waals surface area (Å²) in [6.07, 6.45) is 3.90. The maximum atomic E-state index is 6.48. The van der Waals surface area contributed by atoms with E-state index in [-0.39, 0.29) is 17.7 Å². The van der Waals surface area contributed by atoms with Crippen LogP contribution in [-0.4, -0.2) is 57.6 Å². The van der Waals surface area contributed by atoms with Crippen molar-refractivity contribution < 1.29 is 4.74 Å². The lowest BCUT2D eigenvalue weighted by atomic mass is 9.86. The summed E-state index contributed by atoms with van der Waals surface area (Å²) in [5.41, 5.74) is 9.34. The van der Waals surface area contributed by atoms with E-state index in [2.05, 4.69) is 69.6 Å². The third-order valence-electron chi connectivity index (χ3n) is 6.98. The second-order valence-electron chi connectivity index (χ2n) is 9.39. The van der Waals surface area contributed by atoms with Crippen LogP contribution in [0.1, 0.15) is 55.8 Å². The molecule has 2 unspecified atom stereocenters. The van der Waals surface area contributed by atoms with Crippen LogP contribution in [0.15, 0.2) is 42.6 Å². The number of rotatable bonds is 4. The monoisotopic (exact) mass is 420 g/mol. The first-order valence-electron chi connectivity index (χ1n) is 11.2. The third-order valence-corrected chi connectivity index (χ3v) is 6.98. The molecule has 0 amide bonds. The largest absolute Gasteiger partial charge is 0.484 e. The molecule has 2 atom stereocenters. The Balaban J connectivity index is 1.44. The minimum Gasteiger partial charge on any atom is -0.484 e. The first-order chi connectivity index (χ1) is 14.9. The maximum Gasteiger partial charge on any atom is 0.161 e. The van der Waals surface area contributed by atoms with E-state index in [1.807, 2.05) is 18.3 Å². The Morgan fingerprint density at radius 2 is 1.71 bits per heavy atom. The fourth-order valence-corrected chi connectivity index (χ4v) is 4.94. The van der Waals surface area contributed by atoms with Gasteiger partial charge in [0.05, 0.1) is 11.7 Å². The highest BCUT2D eigenvalue weighted by molar-refractivity contribution is 5.43. The summed E-state index contributed by atoms with van der Waals surface area (Å²) < 4.78 is 8.57. The van der Waals surface area contributed by atoms with Gasteiger partial charge in [-0.25, -0.2) is 0 Å². The van der Waals surface area contributed by atoms with Gasteiger partial charge in [0.2, 0.25) is 0 Å². The van der Waals surface area contributed by atoms with Crippen molar-refractivity contribution in [2.45, 2.75) is 44.4 Å². The van der Waals surface area contributed by atoms with E-state index in [1.54, 1.807) is 0 Å². The molecule has 5 rings (SSSR count). The van der Waals surface area contributed by atoms with Crippen molar-refractivity contribution in [2.75, 3.05) is 33.2 Å². The lowest BCUT2D eigenvalue weighted by molar-refractivity contribution is 0.0544. The minimum atomic E-state index is -0.219. The molecule has 7 heteroatoms. The zero-order chi connectivity index (χ0) is 21.6. The van der Waals surface area contributed by atoms with E-state index in [4.69, 9.17) is 10.5 Å². The van der Waals surface area contributed by atoms with Gasteiger partial charge < -0.3 is 15.4 Å². The Bertz CT molecular complexity index is 1070. The first kappa shape index (κ1) is 20.4. The Hall–Kier alpha value is -2.48. The molecule has 0 bridgehead atoms. The molecule has 1 aromatic carbocycles. The summed E-state index contributed by atoms with van der Waals surface area (Å²) in [4.78, 5) is 4.87. The molecule has 2 aliphatic rings. The maximum absolute atomic E-state index is 6.48. The zero-order valence-electron chi connectivity index (χ0n) is 18.7. The average Bonchev–Trinajstić information content (AvgIpc) is 3.20. The molecule has 1 saturated heterocycles. The molecule has 1 aliphatic carbocycles. The molecule has 164 valence electrons. The van der Waals surface area contributed by atoms with Crippen molar-refractivity contribution in [3.05, 3.63) is 59.5 Å². The predicted molar refractivity (Wildman–Crippen MR) is 121 cm³/mol. The second-order valence-corrected chi connectivity index (χ2v) is 9.39. The van der Waals surface area contributed by atoms with Crippen LogP contribution < -0.4 is 10.5 Å². The van der Waals surface area contributed by atoms with Crippen LogP contribution in [0.5, 0.6) is 5.75 Å². The molecule has 3 aromatic rings. The van der Waals surface area contributed by atoms with E-state index in [0.717, 1.165) is 56.2 Å². The number of piperazine rings is 1. The number of nitrogens with two attached hydrogens (primary N) is 1. The number of benzene rings is 1. The Kier molecular flexibility index (Phi) is 5.20. The summed E-state index contributed by atoms with van der Waals surface area (Å²) in [5.74, 6) is 1.78. The van der Waals surface area contributed by atoms with Crippen molar-refractivity contribution in [2.24, 2.45) is 5.73 Å². The number of likely N-dealkylation sites (N-methyl/N-ethyl adjacent to an activating group) is 1. The van der Waals surface area contributed by atoms with Gasteiger partial charge in [0.1, 0.15) is 11.9 Å². The van der Waals surface area contributed by atoms with E-state index >= 15 is 0 Å².